The van der Waals surface area contributed by atoms with Gasteiger partial charge in [-0.1, -0.05) is 6.07 Å². The van der Waals surface area contributed by atoms with Crippen LogP contribution in [-0.2, 0) is 17.6 Å². The molecule has 4 aromatic rings. The zero-order valence-corrected chi connectivity index (χ0v) is 20.0. The van der Waals surface area contributed by atoms with E-state index in [1.54, 1.807) is 17.8 Å². The summed E-state index contributed by atoms with van der Waals surface area (Å²) in [4.78, 5) is 29.5. The molecular weight excluding hydrogens is 452 g/mol. The second kappa shape index (κ2) is 8.90. The number of anilines is 1. The molecule has 0 atom stereocenters. The van der Waals surface area contributed by atoms with Gasteiger partial charge in [0.05, 0.1) is 18.4 Å². The van der Waals surface area contributed by atoms with Gasteiger partial charge in [0, 0.05) is 40.1 Å². The van der Waals surface area contributed by atoms with Gasteiger partial charge in [-0.15, -0.1) is 11.3 Å². The minimum Gasteiger partial charge on any atom is -0.464 e. The number of carbonyl (C=O) groups excluding carboxylic acids is 2. The molecular formula is C25H24N4O4S. The van der Waals surface area contributed by atoms with Gasteiger partial charge in [0.15, 0.2) is 10.9 Å². The van der Waals surface area contributed by atoms with Gasteiger partial charge in [0.2, 0.25) is 5.91 Å². The van der Waals surface area contributed by atoms with Crippen molar-refractivity contribution in [1.82, 2.24) is 10.4 Å². The lowest BCUT2D eigenvalue weighted by molar-refractivity contribution is -0.120. The zero-order valence-electron chi connectivity index (χ0n) is 19.2. The Morgan fingerprint density at radius 1 is 1.21 bits per heavy atom. The third-order valence-corrected chi connectivity index (χ3v) is 6.63. The molecule has 3 aromatic heterocycles. The molecule has 0 bridgehead atoms. The molecule has 0 radical (unpaired) electrons. The number of benzene rings is 1. The molecule has 2 N–H and O–H groups in total. The van der Waals surface area contributed by atoms with Gasteiger partial charge in [0.1, 0.15) is 11.3 Å². The summed E-state index contributed by atoms with van der Waals surface area (Å²) in [6.45, 7) is 5.87. The third-order valence-electron chi connectivity index (χ3n) is 5.94. The molecule has 9 heteroatoms. The van der Waals surface area contributed by atoms with E-state index < -0.39 is 0 Å². The van der Waals surface area contributed by atoms with Crippen LogP contribution < -0.4 is 10.7 Å². The summed E-state index contributed by atoms with van der Waals surface area (Å²) < 4.78 is 11.6. The predicted molar refractivity (Wildman–Crippen MR) is 131 cm³/mol. The molecule has 5 rings (SSSR count). The summed E-state index contributed by atoms with van der Waals surface area (Å²) in [6.07, 6.45) is 5.65. The summed E-state index contributed by atoms with van der Waals surface area (Å²) in [5, 5.41) is 10.4. The Labute approximate surface area is 200 Å². The van der Waals surface area contributed by atoms with E-state index in [0.29, 0.717) is 35.0 Å². The van der Waals surface area contributed by atoms with E-state index in [0.717, 1.165) is 39.6 Å². The van der Waals surface area contributed by atoms with Crippen molar-refractivity contribution < 1.29 is 18.4 Å². The molecule has 1 aliphatic rings. The zero-order chi connectivity index (χ0) is 23.8. The molecule has 3 heterocycles. The van der Waals surface area contributed by atoms with Crippen LogP contribution in [0.2, 0.25) is 0 Å². The number of aromatic nitrogens is 1. The summed E-state index contributed by atoms with van der Waals surface area (Å²) in [5.41, 5.74) is 8.71. The first-order valence-electron chi connectivity index (χ1n) is 11.1. The van der Waals surface area contributed by atoms with Gasteiger partial charge in [-0.3, -0.25) is 14.9 Å². The molecule has 8 nitrogen and oxygen atoms in total. The molecule has 2 amide bonds. The van der Waals surface area contributed by atoms with Crippen molar-refractivity contribution >= 4 is 45.0 Å². The Bertz CT molecular complexity index is 1430. The van der Waals surface area contributed by atoms with E-state index in [1.165, 1.54) is 11.3 Å². The highest BCUT2D eigenvalue weighted by molar-refractivity contribution is 7.13. The lowest BCUT2D eigenvalue weighted by atomic mass is 9.93. The van der Waals surface area contributed by atoms with E-state index in [9.17, 15) is 9.59 Å². The molecule has 1 aliphatic carbocycles. The number of nitrogens with one attached hydrogen (secondary N) is 2. The lowest BCUT2D eigenvalue weighted by Crippen LogP contribution is -2.23. The molecule has 34 heavy (non-hydrogen) atoms. The van der Waals surface area contributed by atoms with Crippen LogP contribution in [0, 0.1) is 20.8 Å². The van der Waals surface area contributed by atoms with Gasteiger partial charge >= 0.3 is 0 Å². The maximum atomic E-state index is 12.7. The van der Waals surface area contributed by atoms with Crippen LogP contribution >= 0.6 is 11.3 Å². The normalized spacial score (nSPS) is 14.4. The van der Waals surface area contributed by atoms with Crippen molar-refractivity contribution in [2.45, 2.75) is 46.5 Å². The van der Waals surface area contributed by atoms with Crippen LogP contribution in [0.1, 0.15) is 57.0 Å². The highest BCUT2D eigenvalue weighted by Gasteiger charge is 2.28. The lowest BCUT2D eigenvalue weighted by Gasteiger charge is -2.13. The van der Waals surface area contributed by atoms with Crippen LogP contribution in [0.4, 0.5) is 5.13 Å². The van der Waals surface area contributed by atoms with Crippen molar-refractivity contribution in [3.05, 3.63) is 69.3 Å². The van der Waals surface area contributed by atoms with Crippen LogP contribution in [-0.4, -0.2) is 22.5 Å². The number of aryl methyl sites for hydroxylation is 3. The molecule has 0 fully saturated rings. The standard InChI is InChI=1S/C25H24N4O4S/c1-13-9-14(2)21-16(12-32-19(21)10-13)11-20(30)29-28-17-5-4-6-18-22(17)15(3)23(33-18)24(31)27-25-26-7-8-34-25/h7-10,12H,4-6,11H2,1-3H3,(H,29,30)(H,26,27,31)/b28-17+. The second-order valence-electron chi connectivity index (χ2n) is 8.49. The Balaban J connectivity index is 1.34. The first kappa shape index (κ1) is 22.1. The number of hydrogen-bond acceptors (Lipinski definition) is 7. The van der Waals surface area contributed by atoms with Gasteiger partial charge in [-0.2, -0.15) is 5.10 Å². The number of carbonyl (C=O) groups is 2. The molecule has 0 unspecified atom stereocenters. The van der Waals surface area contributed by atoms with E-state index in [4.69, 9.17) is 8.83 Å². The third kappa shape index (κ3) is 4.14. The van der Waals surface area contributed by atoms with Crippen LogP contribution in [0.5, 0.6) is 0 Å². The van der Waals surface area contributed by atoms with E-state index in [2.05, 4.69) is 26.9 Å². The SMILES string of the molecule is Cc1cc(C)c2c(CC(=O)N/N=C3\CCCc4oc(C(=O)Nc5nccs5)c(C)c43)coc2c1. The Morgan fingerprint density at radius 3 is 2.85 bits per heavy atom. The fraction of sp³-hybridized carbons (Fsp3) is 0.280. The van der Waals surface area contributed by atoms with Crippen molar-refractivity contribution in [2.75, 3.05) is 5.32 Å². The number of nitrogens with zero attached hydrogens (tertiary/aromatic N) is 2. The van der Waals surface area contributed by atoms with Gasteiger partial charge < -0.3 is 8.83 Å². The van der Waals surface area contributed by atoms with Gasteiger partial charge in [-0.25, -0.2) is 10.4 Å². The monoisotopic (exact) mass is 476 g/mol. The maximum Gasteiger partial charge on any atom is 0.293 e. The number of furan rings is 2. The van der Waals surface area contributed by atoms with Gasteiger partial charge in [-0.05, 0) is 50.8 Å². The Morgan fingerprint density at radius 2 is 2.06 bits per heavy atom. The number of hydrazone groups is 1. The highest BCUT2D eigenvalue weighted by Crippen LogP contribution is 2.31. The van der Waals surface area contributed by atoms with Crippen molar-refractivity contribution in [3.8, 4) is 0 Å². The predicted octanol–water partition coefficient (Wildman–Crippen LogP) is 5.06. The fourth-order valence-electron chi connectivity index (χ4n) is 4.53. The number of amides is 2. The summed E-state index contributed by atoms with van der Waals surface area (Å²) in [5.74, 6) is 0.387. The van der Waals surface area contributed by atoms with Gasteiger partial charge in [0.25, 0.3) is 5.91 Å². The quantitative estimate of drug-likeness (QED) is 0.391. The largest absolute Gasteiger partial charge is 0.464 e. The summed E-state index contributed by atoms with van der Waals surface area (Å²) >= 11 is 1.34. The number of fused-ring (bicyclic) bond motifs is 2. The van der Waals surface area contributed by atoms with Crippen LogP contribution in [0.25, 0.3) is 11.0 Å². The number of thiazole rings is 1. The first-order chi connectivity index (χ1) is 16.4. The molecule has 0 spiro atoms. The molecule has 174 valence electrons. The Hall–Kier alpha value is -3.72. The molecule has 0 saturated carbocycles. The molecule has 1 aromatic carbocycles. The van der Waals surface area contributed by atoms with Crippen molar-refractivity contribution in [3.63, 3.8) is 0 Å². The van der Waals surface area contributed by atoms with Crippen LogP contribution in [0.3, 0.4) is 0 Å². The average molecular weight is 477 g/mol. The van der Waals surface area contributed by atoms with Crippen LogP contribution in [0.15, 0.2) is 43.9 Å². The molecule has 0 aliphatic heterocycles. The Kier molecular flexibility index (Phi) is 5.79. The minimum absolute atomic E-state index is 0.159. The van der Waals surface area contributed by atoms with E-state index >= 15 is 0 Å². The molecule has 0 saturated heterocycles. The van der Waals surface area contributed by atoms with E-state index in [1.807, 2.05) is 26.8 Å². The second-order valence-corrected chi connectivity index (χ2v) is 9.38. The maximum absolute atomic E-state index is 12.7. The van der Waals surface area contributed by atoms with E-state index in [-0.39, 0.29) is 24.0 Å². The van der Waals surface area contributed by atoms with Crippen molar-refractivity contribution in [1.29, 1.82) is 0 Å². The smallest absolute Gasteiger partial charge is 0.293 e. The number of hydrogen-bond donors (Lipinski definition) is 2. The average Bonchev–Trinajstić information content (AvgIpc) is 3.52. The van der Waals surface area contributed by atoms with Crippen molar-refractivity contribution in [2.24, 2.45) is 5.10 Å². The first-order valence-corrected chi connectivity index (χ1v) is 11.9. The topological polar surface area (TPSA) is 110 Å². The summed E-state index contributed by atoms with van der Waals surface area (Å²) in [7, 11) is 0. The fourth-order valence-corrected chi connectivity index (χ4v) is 5.06. The number of rotatable bonds is 5. The summed E-state index contributed by atoms with van der Waals surface area (Å²) in [6, 6.07) is 4.05. The minimum atomic E-state index is -0.345. The highest BCUT2D eigenvalue weighted by atomic mass is 32.1.